The average molecular weight is 810 g/mol. The van der Waals surface area contributed by atoms with Gasteiger partial charge in [0.1, 0.15) is 5.75 Å². The van der Waals surface area contributed by atoms with Crippen molar-refractivity contribution in [3.8, 4) is 5.75 Å². The monoisotopic (exact) mass is 809 g/mol. The Morgan fingerprint density at radius 3 is 2.40 bits per heavy atom. The van der Waals surface area contributed by atoms with Crippen LogP contribution in [0.25, 0.3) is 21.9 Å². The maximum atomic E-state index is 14.4. The number of nitrogens with two attached hydrogens (primary N) is 1. The lowest BCUT2D eigenvalue weighted by atomic mass is 10.0. The Morgan fingerprint density at radius 1 is 1.00 bits per heavy atom. The van der Waals surface area contributed by atoms with Gasteiger partial charge in [-0.2, -0.15) is 4.98 Å². The van der Waals surface area contributed by atoms with Crippen molar-refractivity contribution < 1.29 is 23.5 Å². The third-order valence-corrected chi connectivity index (χ3v) is 11.2. The number of carbonyl (C=O) groups excluding carboxylic acids is 1. The summed E-state index contributed by atoms with van der Waals surface area (Å²) in [6, 6.07) is 12.5. The highest BCUT2D eigenvalue weighted by Gasteiger charge is 2.40. The Bertz CT molecular complexity index is 2230. The Balaban J connectivity index is 1.08. The predicted molar refractivity (Wildman–Crippen MR) is 232 cm³/mol. The van der Waals surface area contributed by atoms with E-state index in [4.69, 9.17) is 14.8 Å². The zero-order valence-corrected chi connectivity index (χ0v) is 34.1. The summed E-state index contributed by atoms with van der Waals surface area (Å²) in [6.07, 6.45) is 29.0. The standard InChI is InChI=1S/C44H56N7O6P/c1-3-4-5-6-7-8-9-10-11-12-13-14-15-16-17-18-19-27-40(53)46-28-29-48-58(55,57-39-26-22-24-34-23-20-21-25-35(34)39)56-31-36-33(2)37(30-38(36)52)51-32-47-41-42(51)49-44(45)50-43(41)54/h4-5,7-8,10-11,13-14,16-17,20-26,32,36-38,52H,2-3,6,9,12,15,18-19,27-31H2,1H3,(H,46,53)(H,48,55)(H3,45,49,50,54)/b5-4-,8-7-,11-10-,14-13-,17-16-/t36-,37-,38-,58?/m0/s1. The van der Waals surface area contributed by atoms with Crippen LogP contribution in [-0.4, -0.2) is 56.3 Å². The molecule has 308 valence electrons. The number of hydrogen-bond donors (Lipinski definition) is 5. The number of nitrogens with zero attached hydrogens (tertiary/aromatic N) is 3. The number of carbonyl (C=O) groups is 1. The molecular formula is C44H56N7O6P. The molecule has 2 aromatic heterocycles. The molecule has 58 heavy (non-hydrogen) atoms. The summed E-state index contributed by atoms with van der Waals surface area (Å²) in [5, 5.41) is 18.5. The number of aromatic nitrogens is 4. The van der Waals surface area contributed by atoms with Gasteiger partial charge in [0.05, 0.1) is 25.1 Å². The summed E-state index contributed by atoms with van der Waals surface area (Å²) >= 11 is 0. The second-order valence-electron chi connectivity index (χ2n) is 14.0. The van der Waals surface area contributed by atoms with Crippen molar-refractivity contribution in [2.24, 2.45) is 5.92 Å². The molecule has 1 aliphatic carbocycles. The first-order chi connectivity index (χ1) is 28.2. The molecule has 4 aromatic rings. The van der Waals surface area contributed by atoms with E-state index in [0.29, 0.717) is 24.2 Å². The van der Waals surface area contributed by atoms with E-state index in [0.717, 1.165) is 49.3 Å². The van der Waals surface area contributed by atoms with Crippen LogP contribution in [0, 0.1) is 5.92 Å². The molecule has 1 unspecified atom stereocenters. The van der Waals surface area contributed by atoms with E-state index in [1.54, 1.807) is 16.7 Å². The van der Waals surface area contributed by atoms with E-state index in [9.17, 15) is 19.3 Å². The number of imidazole rings is 1. The number of aromatic amines is 1. The Kier molecular flexibility index (Phi) is 17.0. The molecule has 0 saturated heterocycles. The van der Waals surface area contributed by atoms with E-state index in [-0.39, 0.29) is 49.1 Å². The van der Waals surface area contributed by atoms with Crippen molar-refractivity contribution in [1.82, 2.24) is 29.9 Å². The fraction of sp³-hybridized carbons (Fsp3) is 0.364. The Hall–Kier alpha value is -5.33. The average Bonchev–Trinajstić information content (AvgIpc) is 3.76. The predicted octanol–water partition coefficient (Wildman–Crippen LogP) is 8.16. The van der Waals surface area contributed by atoms with E-state index in [2.05, 4.69) is 99.6 Å². The molecule has 14 heteroatoms. The van der Waals surface area contributed by atoms with Crippen LogP contribution in [0.15, 0.2) is 126 Å². The molecule has 1 fully saturated rings. The number of aliphatic hydroxyl groups is 1. The third-order valence-electron chi connectivity index (χ3n) is 9.70. The van der Waals surface area contributed by atoms with Gasteiger partial charge in [-0.15, -0.1) is 0 Å². The first-order valence-corrected chi connectivity index (χ1v) is 21.5. The van der Waals surface area contributed by atoms with E-state index < -0.39 is 31.4 Å². The maximum absolute atomic E-state index is 14.4. The number of H-pyrrole nitrogens is 1. The molecule has 1 amide bonds. The molecule has 13 nitrogen and oxygen atoms in total. The molecule has 1 aliphatic rings. The Morgan fingerprint density at radius 2 is 1.67 bits per heavy atom. The summed E-state index contributed by atoms with van der Waals surface area (Å²) in [4.78, 5) is 35.8. The maximum Gasteiger partial charge on any atom is 0.458 e. The number of benzene rings is 2. The molecule has 5 rings (SSSR count). The van der Waals surface area contributed by atoms with Gasteiger partial charge in [-0.3, -0.25) is 19.1 Å². The fourth-order valence-electron chi connectivity index (χ4n) is 6.64. The van der Waals surface area contributed by atoms with Gasteiger partial charge in [0.15, 0.2) is 11.2 Å². The molecule has 0 spiro atoms. The molecular weight excluding hydrogens is 754 g/mol. The molecule has 0 bridgehead atoms. The smallest absolute Gasteiger partial charge is 0.413 e. The molecule has 2 heterocycles. The van der Waals surface area contributed by atoms with Gasteiger partial charge in [0.2, 0.25) is 11.9 Å². The van der Waals surface area contributed by atoms with Crippen LogP contribution >= 0.6 is 7.75 Å². The van der Waals surface area contributed by atoms with Crippen molar-refractivity contribution in [3.63, 3.8) is 0 Å². The lowest BCUT2D eigenvalue weighted by Crippen LogP contribution is -2.32. The zero-order valence-electron chi connectivity index (χ0n) is 33.2. The highest BCUT2D eigenvalue weighted by Crippen LogP contribution is 2.48. The van der Waals surface area contributed by atoms with Crippen LogP contribution < -0.4 is 26.2 Å². The lowest BCUT2D eigenvalue weighted by molar-refractivity contribution is -0.121. The molecule has 1 saturated carbocycles. The molecule has 4 atom stereocenters. The zero-order chi connectivity index (χ0) is 41.2. The van der Waals surface area contributed by atoms with Gasteiger partial charge in [0.25, 0.3) is 5.56 Å². The summed E-state index contributed by atoms with van der Waals surface area (Å²) < 4.78 is 28.2. The summed E-state index contributed by atoms with van der Waals surface area (Å²) in [7, 11) is -4.07. The van der Waals surface area contributed by atoms with E-state index in [1.807, 2.05) is 30.3 Å². The van der Waals surface area contributed by atoms with Crippen LogP contribution in [0.5, 0.6) is 5.75 Å². The molecule has 6 N–H and O–H groups in total. The van der Waals surface area contributed by atoms with Crippen LogP contribution in [0.3, 0.4) is 0 Å². The molecule has 0 aliphatic heterocycles. The second-order valence-corrected chi connectivity index (χ2v) is 15.7. The van der Waals surface area contributed by atoms with Crippen LogP contribution in [0.1, 0.15) is 70.8 Å². The molecule has 0 radical (unpaired) electrons. The van der Waals surface area contributed by atoms with Crippen molar-refractivity contribution in [1.29, 1.82) is 0 Å². The van der Waals surface area contributed by atoms with Crippen molar-refractivity contribution in [3.05, 3.63) is 132 Å². The topological polar surface area (TPSA) is 186 Å². The summed E-state index contributed by atoms with van der Waals surface area (Å²) in [5.74, 6) is -0.439. The number of aliphatic hydroxyl groups excluding tert-OH is 1. The third kappa shape index (κ3) is 12.8. The number of rotatable bonds is 23. The van der Waals surface area contributed by atoms with Crippen LogP contribution in [0.2, 0.25) is 0 Å². The second kappa shape index (κ2) is 22.6. The van der Waals surface area contributed by atoms with Gasteiger partial charge >= 0.3 is 7.75 Å². The van der Waals surface area contributed by atoms with Crippen LogP contribution in [0.4, 0.5) is 5.95 Å². The van der Waals surface area contributed by atoms with Gasteiger partial charge in [-0.05, 0) is 68.4 Å². The van der Waals surface area contributed by atoms with Crippen molar-refractivity contribution in [2.45, 2.75) is 76.9 Å². The van der Waals surface area contributed by atoms with Gasteiger partial charge in [-0.25, -0.2) is 14.6 Å². The number of anilines is 1. The van der Waals surface area contributed by atoms with Crippen molar-refractivity contribution >= 4 is 41.5 Å². The van der Waals surface area contributed by atoms with Gasteiger partial charge in [-0.1, -0.05) is 111 Å². The number of hydrogen-bond acceptors (Lipinski definition) is 9. The minimum Gasteiger partial charge on any atom is -0.413 e. The minimum absolute atomic E-state index is 0.0570. The first-order valence-electron chi connectivity index (χ1n) is 20.0. The first kappa shape index (κ1) is 43.8. The number of amides is 1. The number of nitrogens with one attached hydrogen (secondary N) is 3. The largest absolute Gasteiger partial charge is 0.458 e. The molecule has 2 aromatic carbocycles. The Labute approximate surface area is 340 Å². The quantitative estimate of drug-likeness (QED) is 0.0278. The number of nitrogen functional groups attached to an aromatic ring is 1. The lowest BCUT2D eigenvalue weighted by Gasteiger charge is -2.24. The van der Waals surface area contributed by atoms with Crippen LogP contribution in [-0.2, 0) is 13.9 Å². The van der Waals surface area contributed by atoms with E-state index in [1.165, 1.54) is 6.33 Å². The highest BCUT2D eigenvalue weighted by atomic mass is 31.2. The van der Waals surface area contributed by atoms with Gasteiger partial charge in [0, 0.05) is 30.8 Å². The SMILES string of the molecule is C=C1[C@H](COP(=O)(NCCNC(=O)CCC/C=C\C/C=C\C/C=C\C/C=C\C/C=C\CC)Oc2cccc3ccccc23)[C@@H](O)C[C@@H]1n1cnc2c(=O)[nH]c(N)nc21. The highest BCUT2D eigenvalue weighted by molar-refractivity contribution is 7.52. The fourth-order valence-corrected chi connectivity index (χ4v) is 8.01. The summed E-state index contributed by atoms with van der Waals surface area (Å²) in [6.45, 7) is 6.47. The number of fused-ring (bicyclic) bond motifs is 2. The van der Waals surface area contributed by atoms with Crippen molar-refractivity contribution in [2.75, 3.05) is 25.4 Å². The van der Waals surface area contributed by atoms with E-state index >= 15 is 0 Å². The summed E-state index contributed by atoms with van der Waals surface area (Å²) in [5.41, 5.74) is 6.29. The normalized spacial score (nSPS) is 18.6. The number of unbranched alkanes of at least 4 members (excludes halogenated alkanes) is 1. The number of allylic oxidation sites excluding steroid dienone is 10. The van der Waals surface area contributed by atoms with Gasteiger partial charge < -0.3 is 25.2 Å². The minimum atomic E-state index is -4.07.